The highest BCUT2D eigenvalue weighted by Crippen LogP contribution is 2.31. The smallest absolute Gasteiger partial charge is 0.219 e. The lowest BCUT2D eigenvalue weighted by Crippen LogP contribution is -2.27. The lowest BCUT2D eigenvalue weighted by atomic mass is 9.95. The normalized spacial score (nSPS) is 12.4. The maximum Gasteiger partial charge on any atom is 0.219 e. The van der Waals surface area contributed by atoms with Crippen LogP contribution in [0.15, 0.2) is 18.3 Å². The molecule has 1 aromatic carbocycles. The average Bonchev–Trinajstić information content (AvgIpc) is 2.89. The van der Waals surface area contributed by atoms with E-state index in [1.165, 1.54) is 13.2 Å². The Bertz CT molecular complexity index is 636. The number of H-pyrrole nitrogens is 1. The van der Waals surface area contributed by atoms with Crippen LogP contribution in [0.2, 0.25) is 0 Å². The van der Waals surface area contributed by atoms with E-state index in [0.29, 0.717) is 13.0 Å². The zero-order valence-electron chi connectivity index (χ0n) is 12.6. The molecular formula is C16H21FN2O2. The van der Waals surface area contributed by atoms with Crippen molar-refractivity contribution in [1.82, 2.24) is 10.3 Å². The molecule has 0 aliphatic carbocycles. The number of carbonyl (C=O) groups excluding carboxylic acids is 1. The molecule has 4 nitrogen and oxygen atoms in total. The van der Waals surface area contributed by atoms with Crippen LogP contribution in [-0.2, 0) is 4.79 Å². The van der Waals surface area contributed by atoms with Crippen molar-refractivity contribution in [3.05, 3.63) is 29.7 Å². The lowest BCUT2D eigenvalue weighted by Gasteiger charge is -2.15. The maximum atomic E-state index is 13.7. The zero-order chi connectivity index (χ0) is 15.4. The van der Waals surface area contributed by atoms with Gasteiger partial charge < -0.3 is 15.0 Å². The molecule has 0 aliphatic heterocycles. The monoisotopic (exact) mass is 292 g/mol. The first kappa shape index (κ1) is 15.4. The fourth-order valence-corrected chi connectivity index (χ4v) is 2.48. The van der Waals surface area contributed by atoms with Crippen molar-refractivity contribution in [3.63, 3.8) is 0 Å². The van der Waals surface area contributed by atoms with Gasteiger partial charge in [0.1, 0.15) is 0 Å². The van der Waals surface area contributed by atoms with Gasteiger partial charge in [-0.15, -0.1) is 0 Å². The fraction of sp³-hybridized carbons (Fsp3) is 0.438. The standard InChI is InChI=1S/C16H21FN2O2/c1-4-10(8-19-16(20)5-2)12-9-18-14-7-13(17)15(21-3)6-11(12)14/h6-7,9-10,18H,4-5,8H2,1-3H3,(H,19,20). The Labute approximate surface area is 123 Å². The van der Waals surface area contributed by atoms with Gasteiger partial charge in [-0.2, -0.15) is 0 Å². The molecule has 0 saturated heterocycles. The number of aromatic amines is 1. The summed E-state index contributed by atoms with van der Waals surface area (Å²) in [7, 11) is 1.45. The van der Waals surface area contributed by atoms with E-state index in [4.69, 9.17) is 4.74 Å². The molecule has 0 radical (unpaired) electrons. The van der Waals surface area contributed by atoms with Crippen LogP contribution in [0.25, 0.3) is 10.9 Å². The van der Waals surface area contributed by atoms with Crippen LogP contribution in [-0.4, -0.2) is 24.5 Å². The van der Waals surface area contributed by atoms with E-state index < -0.39 is 0 Å². The topological polar surface area (TPSA) is 54.1 Å². The van der Waals surface area contributed by atoms with E-state index in [1.807, 2.05) is 13.1 Å². The van der Waals surface area contributed by atoms with Crippen LogP contribution in [0.5, 0.6) is 5.75 Å². The lowest BCUT2D eigenvalue weighted by molar-refractivity contribution is -0.120. The Morgan fingerprint density at radius 1 is 1.43 bits per heavy atom. The summed E-state index contributed by atoms with van der Waals surface area (Å²) in [6, 6.07) is 3.15. The highest BCUT2D eigenvalue weighted by molar-refractivity contribution is 5.85. The van der Waals surface area contributed by atoms with Crippen LogP contribution < -0.4 is 10.1 Å². The van der Waals surface area contributed by atoms with Crippen LogP contribution >= 0.6 is 0 Å². The Morgan fingerprint density at radius 2 is 2.19 bits per heavy atom. The van der Waals surface area contributed by atoms with Gasteiger partial charge in [-0.25, -0.2) is 4.39 Å². The van der Waals surface area contributed by atoms with E-state index in [2.05, 4.69) is 17.2 Å². The first-order chi connectivity index (χ1) is 10.1. The number of hydrogen-bond acceptors (Lipinski definition) is 2. The third-order valence-corrected chi connectivity index (χ3v) is 3.79. The molecule has 1 unspecified atom stereocenters. The summed E-state index contributed by atoms with van der Waals surface area (Å²) in [5.41, 5.74) is 1.81. The molecule has 114 valence electrons. The predicted octanol–water partition coefficient (Wildman–Crippen LogP) is 3.34. The second-order valence-corrected chi connectivity index (χ2v) is 5.04. The molecular weight excluding hydrogens is 271 g/mol. The second-order valence-electron chi connectivity index (χ2n) is 5.04. The van der Waals surface area contributed by atoms with Crippen LogP contribution in [0.3, 0.4) is 0 Å². The summed E-state index contributed by atoms with van der Waals surface area (Å²) >= 11 is 0. The summed E-state index contributed by atoms with van der Waals surface area (Å²) < 4.78 is 18.8. The molecule has 1 heterocycles. The minimum atomic E-state index is -0.384. The van der Waals surface area contributed by atoms with E-state index in [0.717, 1.165) is 22.9 Å². The van der Waals surface area contributed by atoms with Gasteiger partial charge in [-0.05, 0) is 18.1 Å². The SMILES string of the molecule is CCC(=O)NCC(CC)c1c[nH]c2cc(F)c(OC)cc12. The van der Waals surface area contributed by atoms with E-state index in [1.54, 1.807) is 6.07 Å². The quantitative estimate of drug-likeness (QED) is 0.858. The van der Waals surface area contributed by atoms with Crippen molar-refractivity contribution in [2.45, 2.75) is 32.6 Å². The summed E-state index contributed by atoms with van der Waals surface area (Å²) in [5.74, 6) is 0.0721. The predicted molar refractivity (Wildman–Crippen MR) is 81.1 cm³/mol. The molecule has 1 atom stereocenters. The number of ether oxygens (including phenoxy) is 1. The van der Waals surface area contributed by atoms with E-state index in [-0.39, 0.29) is 23.4 Å². The van der Waals surface area contributed by atoms with Crippen molar-refractivity contribution < 1.29 is 13.9 Å². The Kier molecular flexibility index (Phi) is 4.83. The van der Waals surface area contributed by atoms with Crippen LogP contribution in [0.4, 0.5) is 4.39 Å². The molecule has 1 amide bonds. The summed E-state index contributed by atoms with van der Waals surface area (Å²) in [6.45, 7) is 4.48. The Balaban J connectivity index is 2.33. The summed E-state index contributed by atoms with van der Waals surface area (Å²) in [6.07, 6.45) is 3.25. The number of nitrogens with one attached hydrogen (secondary N) is 2. The second kappa shape index (κ2) is 6.61. The summed E-state index contributed by atoms with van der Waals surface area (Å²) in [5, 5.41) is 3.85. The molecule has 0 aliphatic rings. The maximum absolute atomic E-state index is 13.7. The highest BCUT2D eigenvalue weighted by Gasteiger charge is 2.17. The largest absolute Gasteiger partial charge is 0.494 e. The third kappa shape index (κ3) is 3.17. The van der Waals surface area contributed by atoms with Crippen LogP contribution in [0, 0.1) is 5.82 Å². The molecule has 2 N–H and O–H groups in total. The van der Waals surface area contributed by atoms with Crippen molar-refractivity contribution in [3.8, 4) is 5.75 Å². The summed E-state index contributed by atoms with van der Waals surface area (Å²) in [4.78, 5) is 14.5. The molecule has 0 spiro atoms. The Hall–Kier alpha value is -2.04. The van der Waals surface area contributed by atoms with Crippen molar-refractivity contribution in [2.24, 2.45) is 0 Å². The van der Waals surface area contributed by atoms with Gasteiger partial charge in [-0.3, -0.25) is 4.79 Å². The average molecular weight is 292 g/mol. The zero-order valence-corrected chi connectivity index (χ0v) is 12.6. The third-order valence-electron chi connectivity index (χ3n) is 3.79. The van der Waals surface area contributed by atoms with Crippen molar-refractivity contribution >= 4 is 16.8 Å². The van der Waals surface area contributed by atoms with Gasteiger partial charge in [0.15, 0.2) is 11.6 Å². The number of benzene rings is 1. The Morgan fingerprint density at radius 3 is 2.81 bits per heavy atom. The minimum absolute atomic E-state index is 0.0388. The van der Waals surface area contributed by atoms with Gasteiger partial charge in [0.2, 0.25) is 5.91 Å². The number of rotatable bonds is 6. The number of aromatic nitrogens is 1. The number of methoxy groups -OCH3 is 1. The molecule has 5 heteroatoms. The highest BCUT2D eigenvalue weighted by atomic mass is 19.1. The van der Waals surface area contributed by atoms with E-state index >= 15 is 0 Å². The molecule has 0 bridgehead atoms. The molecule has 2 rings (SSSR count). The number of fused-ring (bicyclic) bond motifs is 1. The van der Waals surface area contributed by atoms with Gasteiger partial charge >= 0.3 is 0 Å². The first-order valence-electron chi connectivity index (χ1n) is 7.21. The minimum Gasteiger partial charge on any atom is -0.494 e. The fourth-order valence-electron chi connectivity index (χ4n) is 2.48. The van der Waals surface area contributed by atoms with Gasteiger partial charge in [0, 0.05) is 42.0 Å². The molecule has 1 aromatic heterocycles. The van der Waals surface area contributed by atoms with Gasteiger partial charge in [0.05, 0.1) is 7.11 Å². The van der Waals surface area contributed by atoms with E-state index in [9.17, 15) is 9.18 Å². The number of amides is 1. The van der Waals surface area contributed by atoms with Crippen molar-refractivity contribution in [1.29, 1.82) is 0 Å². The van der Waals surface area contributed by atoms with Gasteiger partial charge in [0.25, 0.3) is 0 Å². The van der Waals surface area contributed by atoms with Crippen molar-refractivity contribution in [2.75, 3.05) is 13.7 Å². The molecule has 21 heavy (non-hydrogen) atoms. The number of carbonyl (C=O) groups is 1. The molecule has 0 saturated carbocycles. The number of hydrogen-bond donors (Lipinski definition) is 2. The number of halogens is 1. The van der Waals surface area contributed by atoms with Gasteiger partial charge in [-0.1, -0.05) is 13.8 Å². The molecule has 2 aromatic rings. The first-order valence-corrected chi connectivity index (χ1v) is 7.21. The van der Waals surface area contributed by atoms with Crippen LogP contribution in [0.1, 0.15) is 38.2 Å². The molecule has 0 fully saturated rings.